The fourth-order valence-corrected chi connectivity index (χ4v) is 4.30. The molecule has 1 fully saturated rings. The smallest absolute Gasteiger partial charge is 0.130 e. The summed E-state index contributed by atoms with van der Waals surface area (Å²) in [5.41, 5.74) is 3.49. The van der Waals surface area contributed by atoms with Crippen LogP contribution < -0.4 is 0 Å². The average molecular weight is 399 g/mol. The Balaban J connectivity index is 1.61. The van der Waals surface area contributed by atoms with E-state index in [2.05, 4.69) is 37.8 Å². The van der Waals surface area contributed by atoms with Crippen LogP contribution in [0.25, 0.3) is 0 Å². The molecule has 0 amide bonds. The molecule has 2 aromatic rings. The van der Waals surface area contributed by atoms with Crippen LogP contribution in [-0.2, 0) is 27.4 Å². The lowest BCUT2D eigenvalue weighted by molar-refractivity contribution is -0.171. The van der Waals surface area contributed by atoms with Crippen LogP contribution in [0.3, 0.4) is 0 Å². The van der Waals surface area contributed by atoms with Gasteiger partial charge in [0.1, 0.15) is 5.44 Å². The van der Waals surface area contributed by atoms with Gasteiger partial charge < -0.3 is 14.2 Å². The monoisotopic (exact) mass is 398 g/mol. The Labute approximate surface area is 173 Å². The molecular formula is C24H30O3S. The number of benzene rings is 2. The van der Waals surface area contributed by atoms with Gasteiger partial charge in [0, 0.05) is 12.2 Å². The molecule has 3 nitrogen and oxygen atoms in total. The van der Waals surface area contributed by atoms with E-state index in [1.807, 2.05) is 43.3 Å². The Morgan fingerprint density at radius 3 is 2.04 bits per heavy atom. The molecule has 1 saturated heterocycles. The van der Waals surface area contributed by atoms with Crippen LogP contribution >= 0.6 is 11.8 Å². The number of thioether (sulfide) groups is 1. The lowest BCUT2D eigenvalue weighted by Crippen LogP contribution is -2.46. The third kappa shape index (κ3) is 6.49. The lowest BCUT2D eigenvalue weighted by atomic mass is 10.0. The van der Waals surface area contributed by atoms with Crippen molar-refractivity contribution < 1.29 is 14.2 Å². The highest BCUT2D eigenvalue weighted by molar-refractivity contribution is 8.00. The zero-order valence-electron chi connectivity index (χ0n) is 16.8. The first-order valence-electron chi connectivity index (χ1n) is 9.84. The molecular weight excluding hydrogens is 368 g/mol. The van der Waals surface area contributed by atoms with Crippen molar-refractivity contribution >= 4 is 11.8 Å². The summed E-state index contributed by atoms with van der Waals surface area (Å²) in [5.74, 6) is 0.873. The quantitative estimate of drug-likeness (QED) is 0.514. The molecule has 0 N–H and O–H groups in total. The van der Waals surface area contributed by atoms with Crippen LogP contribution in [0.1, 0.15) is 31.4 Å². The SMILES string of the molecule is C=C(C)CSC1O[C@@H](C)C(OCc2ccccc2)C[C@H]1OCc1ccccc1. The minimum absolute atomic E-state index is 0.00742. The van der Waals surface area contributed by atoms with Crippen LogP contribution in [0, 0.1) is 0 Å². The van der Waals surface area contributed by atoms with Crippen molar-refractivity contribution in [1.29, 1.82) is 0 Å². The Kier molecular flexibility index (Phi) is 8.16. The van der Waals surface area contributed by atoms with Crippen molar-refractivity contribution in [3.63, 3.8) is 0 Å². The van der Waals surface area contributed by atoms with Crippen LogP contribution in [-0.4, -0.2) is 29.5 Å². The topological polar surface area (TPSA) is 27.7 Å². The molecule has 1 heterocycles. The van der Waals surface area contributed by atoms with Crippen molar-refractivity contribution in [2.24, 2.45) is 0 Å². The molecule has 4 atom stereocenters. The first kappa shape index (κ1) is 21.1. The molecule has 2 unspecified atom stereocenters. The zero-order chi connectivity index (χ0) is 19.8. The van der Waals surface area contributed by atoms with Crippen LogP contribution in [0.5, 0.6) is 0 Å². The van der Waals surface area contributed by atoms with Gasteiger partial charge in [0.05, 0.1) is 31.5 Å². The molecule has 0 spiro atoms. The fourth-order valence-electron chi connectivity index (χ4n) is 3.19. The normalized spacial score (nSPS) is 24.8. The fraction of sp³-hybridized carbons (Fsp3) is 0.417. The number of ether oxygens (including phenoxy) is 3. The van der Waals surface area contributed by atoms with Crippen molar-refractivity contribution in [2.45, 2.75) is 57.2 Å². The minimum Gasteiger partial charge on any atom is -0.371 e. The van der Waals surface area contributed by atoms with E-state index in [-0.39, 0.29) is 23.7 Å². The van der Waals surface area contributed by atoms with Crippen LogP contribution in [0.2, 0.25) is 0 Å². The summed E-state index contributed by atoms with van der Waals surface area (Å²) < 4.78 is 18.8. The highest BCUT2D eigenvalue weighted by Crippen LogP contribution is 2.33. The Morgan fingerprint density at radius 2 is 1.50 bits per heavy atom. The molecule has 1 aliphatic rings. The molecule has 150 valence electrons. The maximum absolute atomic E-state index is 6.31. The third-order valence-corrected chi connectivity index (χ3v) is 6.15. The van der Waals surface area contributed by atoms with Crippen molar-refractivity contribution in [2.75, 3.05) is 5.75 Å². The van der Waals surface area contributed by atoms with Crippen molar-refractivity contribution in [3.05, 3.63) is 83.9 Å². The molecule has 1 aliphatic heterocycles. The van der Waals surface area contributed by atoms with Crippen LogP contribution in [0.4, 0.5) is 0 Å². The number of rotatable bonds is 9. The van der Waals surface area contributed by atoms with E-state index in [0.29, 0.717) is 13.2 Å². The molecule has 0 bridgehead atoms. The van der Waals surface area contributed by atoms with E-state index >= 15 is 0 Å². The number of hydrogen-bond acceptors (Lipinski definition) is 4. The summed E-state index contributed by atoms with van der Waals surface area (Å²) in [6, 6.07) is 20.5. The first-order chi connectivity index (χ1) is 13.6. The molecule has 0 saturated carbocycles. The van der Waals surface area contributed by atoms with Crippen LogP contribution in [0.15, 0.2) is 72.8 Å². The predicted octanol–water partition coefficient (Wildman–Crippen LogP) is 5.60. The second-order valence-electron chi connectivity index (χ2n) is 7.38. The molecule has 28 heavy (non-hydrogen) atoms. The molecule has 3 rings (SSSR count). The second-order valence-corrected chi connectivity index (χ2v) is 8.47. The summed E-state index contributed by atoms with van der Waals surface area (Å²) in [7, 11) is 0. The molecule has 0 radical (unpaired) electrons. The minimum atomic E-state index is -0.0125. The summed E-state index contributed by atoms with van der Waals surface area (Å²) in [6.07, 6.45) is 0.862. The van der Waals surface area contributed by atoms with Gasteiger partial charge in [-0.25, -0.2) is 0 Å². The van der Waals surface area contributed by atoms with Gasteiger partial charge in [0.15, 0.2) is 0 Å². The summed E-state index contributed by atoms with van der Waals surface area (Å²) in [4.78, 5) is 0. The van der Waals surface area contributed by atoms with Gasteiger partial charge >= 0.3 is 0 Å². The third-order valence-electron chi connectivity index (χ3n) is 4.75. The van der Waals surface area contributed by atoms with E-state index in [9.17, 15) is 0 Å². The summed E-state index contributed by atoms with van der Waals surface area (Å²) >= 11 is 1.77. The highest BCUT2D eigenvalue weighted by Gasteiger charge is 2.37. The lowest BCUT2D eigenvalue weighted by Gasteiger charge is -2.39. The van der Waals surface area contributed by atoms with Crippen molar-refractivity contribution in [3.8, 4) is 0 Å². The summed E-state index contributed by atoms with van der Waals surface area (Å²) in [5, 5.41) is 0. The van der Waals surface area contributed by atoms with Crippen molar-refractivity contribution in [1.82, 2.24) is 0 Å². The molecule has 2 aromatic carbocycles. The Hall–Kier alpha value is -1.59. The van der Waals surface area contributed by atoms with Gasteiger partial charge in [-0.3, -0.25) is 0 Å². The van der Waals surface area contributed by atoms with Gasteiger partial charge in [0.25, 0.3) is 0 Å². The number of hydrogen-bond donors (Lipinski definition) is 0. The van der Waals surface area contributed by atoms with Gasteiger partial charge in [0.2, 0.25) is 0 Å². The molecule has 0 aliphatic carbocycles. The van der Waals surface area contributed by atoms with Gasteiger partial charge in [-0.1, -0.05) is 72.8 Å². The Morgan fingerprint density at radius 1 is 0.964 bits per heavy atom. The van der Waals surface area contributed by atoms with E-state index in [1.54, 1.807) is 11.8 Å². The first-order valence-corrected chi connectivity index (χ1v) is 10.9. The zero-order valence-corrected chi connectivity index (χ0v) is 17.6. The van der Waals surface area contributed by atoms with E-state index in [4.69, 9.17) is 14.2 Å². The van der Waals surface area contributed by atoms with Gasteiger partial charge in [-0.05, 0) is 25.0 Å². The van der Waals surface area contributed by atoms with Gasteiger partial charge in [-0.2, -0.15) is 0 Å². The standard InChI is InChI=1S/C24H30O3S/c1-18(2)17-28-24-23(26-16-21-12-8-5-9-13-21)14-22(19(3)27-24)25-15-20-10-6-4-7-11-20/h4-13,19,22-24H,1,14-17H2,2-3H3/t19-,22?,23+,24?/m0/s1. The van der Waals surface area contributed by atoms with E-state index < -0.39 is 0 Å². The average Bonchev–Trinajstić information content (AvgIpc) is 2.72. The molecule has 0 aromatic heterocycles. The highest BCUT2D eigenvalue weighted by atomic mass is 32.2. The van der Waals surface area contributed by atoms with Gasteiger partial charge in [-0.15, -0.1) is 11.8 Å². The predicted molar refractivity (Wildman–Crippen MR) is 116 cm³/mol. The summed E-state index contributed by atoms with van der Waals surface area (Å²) in [6.45, 7) is 9.33. The molecule has 4 heteroatoms. The second kappa shape index (κ2) is 10.8. The maximum Gasteiger partial charge on any atom is 0.130 e. The largest absolute Gasteiger partial charge is 0.371 e. The van der Waals surface area contributed by atoms with E-state index in [0.717, 1.165) is 17.7 Å². The maximum atomic E-state index is 6.31. The Bertz CT molecular complexity index is 719. The van der Waals surface area contributed by atoms with E-state index in [1.165, 1.54) is 11.1 Å².